The van der Waals surface area contributed by atoms with E-state index in [1.165, 1.54) is 11.1 Å². The van der Waals surface area contributed by atoms with Crippen molar-refractivity contribution < 1.29 is 4.79 Å². The van der Waals surface area contributed by atoms with E-state index >= 15 is 0 Å². The van der Waals surface area contributed by atoms with Gasteiger partial charge in [0.15, 0.2) is 5.65 Å². The molecular weight excluding hydrogens is 352 g/mol. The topological polar surface area (TPSA) is 66.6 Å². The Kier molecular flexibility index (Phi) is 4.43. The summed E-state index contributed by atoms with van der Waals surface area (Å²) in [5.41, 5.74) is 3.44. The monoisotopic (exact) mass is 376 g/mol. The van der Waals surface area contributed by atoms with Crippen LogP contribution < -0.4 is 4.90 Å². The fourth-order valence-corrected chi connectivity index (χ4v) is 4.34. The Morgan fingerprint density at radius 3 is 2.71 bits per heavy atom. The van der Waals surface area contributed by atoms with Gasteiger partial charge in [0.25, 0.3) is 0 Å². The maximum Gasteiger partial charge on any atom is 0.223 e. The van der Waals surface area contributed by atoms with E-state index in [0.29, 0.717) is 18.2 Å². The average molecular weight is 376 g/mol. The lowest BCUT2D eigenvalue weighted by atomic mass is 9.92. The number of carbonyl (C=O) groups excluding carboxylic acids is 1. The summed E-state index contributed by atoms with van der Waals surface area (Å²) in [6, 6.07) is 12.4. The van der Waals surface area contributed by atoms with E-state index < -0.39 is 0 Å². The van der Waals surface area contributed by atoms with Crippen LogP contribution in [0.3, 0.4) is 0 Å². The Hall–Kier alpha value is -2.96. The van der Waals surface area contributed by atoms with Crippen molar-refractivity contribution in [3.05, 3.63) is 53.9 Å². The summed E-state index contributed by atoms with van der Waals surface area (Å²) < 4.78 is 1.71. The van der Waals surface area contributed by atoms with Crippen molar-refractivity contribution >= 4 is 17.4 Å². The van der Waals surface area contributed by atoms with Gasteiger partial charge in [0, 0.05) is 32.6 Å². The second-order valence-electron chi connectivity index (χ2n) is 7.79. The van der Waals surface area contributed by atoms with Crippen molar-refractivity contribution in [1.82, 2.24) is 24.7 Å². The van der Waals surface area contributed by atoms with E-state index in [0.717, 1.165) is 56.9 Å². The van der Waals surface area contributed by atoms with Gasteiger partial charge < -0.3 is 9.80 Å². The van der Waals surface area contributed by atoms with Crippen molar-refractivity contribution in [1.29, 1.82) is 0 Å². The number of hydrogen-bond donors (Lipinski definition) is 0. The Morgan fingerprint density at radius 2 is 1.86 bits per heavy atom. The van der Waals surface area contributed by atoms with Crippen LogP contribution in [-0.4, -0.2) is 50.3 Å². The molecule has 28 heavy (non-hydrogen) atoms. The number of benzene rings is 1. The largest absolute Gasteiger partial charge is 0.355 e. The van der Waals surface area contributed by atoms with Crippen LogP contribution in [-0.2, 0) is 17.8 Å². The normalized spacial score (nSPS) is 17.7. The van der Waals surface area contributed by atoms with E-state index in [4.69, 9.17) is 0 Å². The molecule has 2 aromatic heterocycles. The lowest BCUT2D eigenvalue weighted by Gasteiger charge is -2.34. The molecule has 0 aliphatic carbocycles. The summed E-state index contributed by atoms with van der Waals surface area (Å²) in [5.74, 6) is 1.71. The molecule has 3 aromatic rings. The van der Waals surface area contributed by atoms with Crippen LogP contribution in [0.25, 0.3) is 5.65 Å². The minimum atomic E-state index is 0.303. The zero-order chi connectivity index (χ0) is 18.9. The predicted molar refractivity (Wildman–Crippen MR) is 106 cm³/mol. The fourth-order valence-electron chi connectivity index (χ4n) is 4.34. The van der Waals surface area contributed by atoms with E-state index in [-0.39, 0.29) is 0 Å². The Labute approximate surface area is 164 Å². The molecule has 144 valence electrons. The van der Waals surface area contributed by atoms with Gasteiger partial charge in [-0.05, 0) is 48.4 Å². The lowest BCUT2D eigenvalue weighted by molar-refractivity contribution is -0.133. The van der Waals surface area contributed by atoms with Gasteiger partial charge in [0.05, 0.1) is 0 Å². The smallest absolute Gasteiger partial charge is 0.223 e. The Balaban J connectivity index is 1.17. The van der Waals surface area contributed by atoms with Crippen molar-refractivity contribution in [3.63, 3.8) is 0 Å². The van der Waals surface area contributed by atoms with Crippen molar-refractivity contribution in [2.75, 3.05) is 24.5 Å². The van der Waals surface area contributed by atoms with E-state index in [1.807, 2.05) is 17.0 Å². The molecular formula is C21H24N6O. The first kappa shape index (κ1) is 17.2. The zero-order valence-corrected chi connectivity index (χ0v) is 15.9. The third-order valence-electron chi connectivity index (χ3n) is 6.03. The number of fused-ring (bicyclic) bond motifs is 2. The molecule has 1 fully saturated rings. The Bertz CT molecular complexity index is 991. The van der Waals surface area contributed by atoms with Gasteiger partial charge >= 0.3 is 0 Å². The molecule has 7 heteroatoms. The first-order valence-electron chi connectivity index (χ1n) is 10.0. The van der Waals surface area contributed by atoms with E-state index in [1.54, 1.807) is 10.8 Å². The van der Waals surface area contributed by atoms with Crippen LogP contribution in [0.1, 0.15) is 30.4 Å². The molecule has 5 rings (SSSR count). The maximum absolute atomic E-state index is 12.8. The lowest BCUT2D eigenvalue weighted by Crippen LogP contribution is -2.39. The highest BCUT2D eigenvalue weighted by Gasteiger charge is 2.26. The van der Waals surface area contributed by atoms with Gasteiger partial charge in [0.1, 0.15) is 12.1 Å². The van der Waals surface area contributed by atoms with Crippen LogP contribution >= 0.6 is 0 Å². The molecule has 0 spiro atoms. The first-order valence-corrected chi connectivity index (χ1v) is 10.0. The third-order valence-corrected chi connectivity index (χ3v) is 6.03. The van der Waals surface area contributed by atoms with Gasteiger partial charge in [-0.3, -0.25) is 4.79 Å². The molecule has 0 radical (unpaired) electrons. The first-order chi connectivity index (χ1) is 13.8. The standard InChI is InChI=1S/C21H24N6O/c28-21(26-12-9-17-3-1-2-4-18(17)14-26)13-16-7-10-25(11-8-16)20-6-5-19-23-22-15-27(19)24-20/h1-6,15-16H,7-14H2. The van der Waals surface area contributed by atoms with Gasteiger partial charge in [-0.2, -0.15) is 4.52 Å². The minimum Gasteiger partial charge on any atom is -0.355 e. The molecule has 0 atom stereocenters. The Morgan fingerprint density at radius 1 is 1.04 bits per heavy atom. The number of nitrogens with zero attached hydrogens (tertiary/aromatic N) is 6. The zero-order valence-electron chi connectivity index (χ0n) is 15.9. The molecule has 0 bridgehead atoms. The van der Waals surface area contributed by atoms with Crippen molar-refractivity contribution in [3.8, 4) is 0 Å². The number of amides is 1. The average Bonchev–Trinajstić information content (AvgIpc) is 3.22. The summed E-state index contributed by atoms with van der Waals surface area (Å²) in [7, 11) is 0. The highest BCUT2D eigenvalue weighted by Crippen LogP contribution is 2.26. The SMILES string of the molecule is O=C(CC1CCN(c2ccc3nncn3n2)CC1)N1CCc2ccccc2C1. The van der Waals surface area contributed by atoms with Gasteiger partial charge in [0.2, 0.25) is 5.91 Å². The molecule has 0 unspecified atom stereocenters. The maximum atomic E-state index is 12.8. The van der Waals surface area contributed by atoms with Gasteiger partial charge in [-0.25, -0.2) is 0 Å². The number of aromatic nitrogens is 4. The minimum absolute atomic E-state index is 0.303. The number of rotatable bonds is 3. The molecule has 0 saturated carbocycles. The quantitative estimate of drug-likeness (QED) is 0.702. The molecule has 1 amide bonds. The van der Waals surface area contributed by atoms with Crippen LogP contribution in [0.15, 0.2) is 42.7 Å². The number of hydrogen-bond acceptors (Lipinski definition) is 5. The predicted octanol–water partition coefficient (Wildman–Crippen LogP) is 2.32. The summed E-state index contributed by atoms with van der Waals surface area (Å²) in [4.78, 5) is 17.2. The fraction of sp³-hybridized carbons (Fsp3) is 0.429. The molecule has 2 aliphatic rings. The van der Waals surface area contributed by atoms with Gasteiger partial charge in [-0.15, -0.1) is 15.3 Å². The molecule has 1 saturated heterocycles. The van der Waals surface area contributed by atoms with Crippen molar-refractivity contribution in [2.24, 2.45) is 5.92 Å². The summed E-state index contributed by atoms with van der Waals surface area (Å²) in [5, 5.41) is 12.5. The third kappa shape index (κ3) is 3.32. The highest BCUT2D eigenvalue weighted by atomic mass is 16.2. The van der Waals surface area contributed by atoms with Crippen LogP contribution in [0.5, 0.6) is 0 Å². The summed E-state index contributed by atoms with van der Waals surface area (Å²) in [6.07, 6.45) is 5.31. The number of carbonyl (C=O) groups is 1. The summed E-state index contributed by atoms with van der Waals surface area (Å²) >= 11 is 0. The highest BCUT2D eigenvalue weighted by molar-refractivity contribution is 5.76. The van der Waals surface area contributed by atoms with E-state index in [2.05, 4.69) is 44.5 Å². The second kappa shape index (κ2) is 7.22. The molecule has 2 aliphatic heterocycles. The molecule has 7 nitrogen and oxygen atoms in total. The van der Waals surface area contributed by atoms with Crippen molar-refractivity contribution in [2.45, 2.75) is 32.2 Å². The molecule has 1 aromatic carbocycles. The van der Waals surface area contributed by atoms with Gasteiger partial charge in [-0.1, -0.05) is 24.3 Å². The molecule has 0 N–H and O–H groups in total. The van der Waals surface area contributed by atoms with Crippen LogP contribution in [0.4, 0.5) is 5.82 Å². The molecule has 4 heterocycles. The van der Waals surface area contributed by atoms with E-state index in [9.17, 15) is 4.79 Å². The number of anilines is 1. The van der Waals surface area contributed by atoms with Crippen LogP contribution in [0.2, 0.25) is 0 Å². The number of piperidine rings is 1. The second-order valence-corrected chi connectivity index (χ2v) is 7.79. The summed E-state index contributed by atoms with van der Waals surface area (Å²) in [6.45, 7) is 3.47. The van der Waals surface area contributed by atoms with Crippen LogP contribution in [0, 0.1) is 5.92 Å².